The molecule has 1 heterocycles. The van der Waals surface area contributed by atoms with Gasteiger partial charge in [0.2, 0.25) is 5.82 Å². The third kappa shape index (κ3) is 3.44. The van der Waals surface area contributed by atoms with Gasteiger partial charge in [-0.15, -0.1) is 0 Å². The lowest BCUT2D eigenvalue weighted by Gasteiger charge is -2.21. The first-order chi connectivity index (χ1) is 12.3. The summed E-state index contributed by atoms with van der Waals surface area (Å²) in [6, 6.07) is 12.5. The molecule has 6 heteroatoms. The van der Waals surface area contributed by atoms with E-state index >= 15 is 0 Å². The smallest absolute Gasteiger partial charge is 0.337 e. The summed E-state index contributed by atoms with van der Waals surface area (Å²) in [5.74, 6) is 0.479. The number of benzene rings is 2. The van der Waals surface area contributed by atoms with Crippen molar-refractivity contribution in [3.63, 3.8) is 0 Å². The van der Waals surface area contributed by atoms with E-state index in [-0.39, 0.29) is 11.4 Å². The number of hydrogen-bond donors (Lipinski definition) is 1. The van der Waals surface area contributed by atoms with Crippen molar-refractivity contribution in [1.29, 1.82) is 0 Å². The summed E-state index contributed by atoms with van der Waals surface area (Å²) >= 11 is 0. The maximum atomic E-state index is 11.5. The van der Waals surface area contributed by atoms with Gasteiger partial charge in [0, 0.05) is 16.8 Å². The lowest BCUT2D eigenvalue weighted by Crippen LogP contribution is -2.14. The molecule has 0 amide bonds. The quantitative estimate of drug-likeness (QED) is 0.565. The fraction of sp³-hybridized carbons (Fsp3) is 0.250. The van der Waals surface area contributed by atoms with Gasteiger partial charge in [-0.2, -0.15) is 4.98 Å². The molecule has 26 heavy (non-hydrogen) atoms. The Bertz CT molecular complexity index is 938. The van der Waals surface area contributed by atoms with Crippen LogP contribution in [0, 0.1) is 0 Å². The van der Waals surface area contributed by atoms with Crippen molar-refractivity contribution < 1.29 is 14.1 Å². The Kier molecular flexibility index (Phi) is 4.50. The molecule has 0 saturated heterocycles. The summed E-state index contributed by atoms with van der Waals surface area (Å²) in [5, 5.41) is 4.07. The number of hydrogen-bond acceptors (Lipinski definition) is 6. The standard InChI is InChI=1S/C20H21N3O3/c1-20(2,3)15-11-14(9-10-16(15)21)17-22-18(26-23-17)12-5-7-13(8-6-12)19(24)25-4/h5-11H,21H2,1-4H3. The fourth-order valence-electron chi connectivity index (χ4n) is 2.67. The average Bonchev–Trinajstić information content (AvgIpc) is 3.10. The van der Waals surface area contributed by atoms with E-state index in [1.54, 1.807) is 24.3 Å². The fourth-order valence-corrected chi connectivity index (χ4v) is 2.67. The molecule has 0 aliphatic heterocycles. The minimum Gasteiger partial charge on any atom is -0.465 e. The van der Waals surface area contributed by atoms with E-state index in [0.29, 0.717) is 17.3 Å². The van der Waals surface area contributed by atoms with Gasteiger partial charge < -0.3 is 15.0 Å². The summed E-state index contributed by atoms with van der Waals surface area (Å²) in [6.07, 6.45) is 0. The molecular weight excluding hydrogens is 330 g/mol. The predicted octanol–water partition coefficient (Wildman–Crippen LogP) is 4.07. The summed E-state index contributed by atoms with van der Waals surface area (Å²) in [4.78, 5) is 16.0. The van der Waals surface area contributed by atoms with E-state index in [1.807, 2.05) is 18.2 Å². The molecule has 0 aliphatic rings. The van der Waals surface area contributed by atoms with Crippen LogP contribution in [-0.2, 0) is 10.2 Å². The van der Waals surface area contributed by atoms with Crippen LogP contribution in [0.1, 0.15) is 36.7 Å². The Balaban J connectivity index is 1.92. The molecule has 0 unspecified atom stereocenters. The van der Waals surface area contributed by atoms with Crippen LogP contribution in [0.5, 0.6) is 0 Å². The molecule has 0 fully saturated rings. The lowest BCUT2D eigenvalue weighted by molar-refractivity contribution is 0.0600. The van der Waals surface area contributed by atoms with Gasteiger partial charge in [0.25, 0.3) is 5.89 Å². The Morgan fingerprint density at radius 3 is 2.35 bits per heavy atom. The van der Waals surface area contributed by atoms with Gasteiger partial charge in [0.15, 0.2) is 0 Å². The lowest BCUT2D eigenvalue weighted by atomic mass is 9.85. The van der Waals surface area contributed by atoms with Crippen molar-refractivity contribution in [2.75, 3.05) is 12.8 Å². The molecule has 3 aromatic rings. The molecule has 2 aromatic carbocycles. The van der Waals surface area contributed by atoms with Crippen LogP contribution >= 0.6 is 0 Å². The Labute approximate surface area is 152 Å². The highest BCUT2D eigenvalue weighted by Crippen LogP contribution is 2.32. The van der Waals surface area contributed by atoms with E-state index in [9.17, 15) is 4.79 Å². The number of methoxy groups -OCH3 is 1. The molecule has 0 saturated carbocycles. The third-order valence-corrected chi connectivity index (χ3v) is 4.10. The zero-order valence-corrected chi connectivity index (χ0v) is 15.2. The van der Waals surface area contributed by atoms with E-state index < -0.39 is 0 Å². The summed E-state index contributed by atoms with van der Waals surface area (Å²) < 4.78 is 10.1. The van der Waals surface area contributed by atoms with Gasteiger partial charge in [-0.3, -0.25) is 0 Å². The second-order valence-corrected chi connectivity index (χ2v) is 7.04. The van der Waals surface area contributed by atoms with Crippen LogP contribution in [0.2, 0.25) is 0 Å². The number of carbonyl (C=O) groups excluding carboxylic acids is 1. The molecule has 1 aromatic heterocycles. The number of aromatic nitrogens is 2. The molecule has 3 rings (SSSR count). The number of anilines is 1. The Morgan fingerprint density at radius 2 is 1.73 bits per heavy atom. The van der Waals surface area contributed by atoms with Crippen molar-refractivity contribution in [2.24, 2.45) is 0 Å². The van der Waals surface area contributed by atoms with Crippen LogP contribution in [-0.4, -0.2) is 23.2 Å². The first kappa shape index (κ1) is 17.7. The molecular formula is C20H21N3O3. The van der Waals surface area contributed by atoms with Crippen molar-refractivity contribution in [3.05, 3.63) is 53.6 Å². The van der Waals surface area contributed by atoms with Crippen LogP contribution < -0.4 is 5.73 Å². The summed E-state index contributed by atoms with van der Waals surface area (Å²) in [6.45, 7) is 6.31. The van der Waals surface area contributed by atoms with Crippen molar-refractivity contribution in [1.82, 2.24) is 10.1 Å². The zero-order valence-electron chi connectivity index (χ0n) is 15.2. The summed E-state index contributed by atoms with van der Waals surface area (Å²) in [5.41, 5.74) is 9.81. The van der Waals surface area contributed by atoms with Crippen LogP contribution in [0.25, 0.3) is 22.8 Å². The Morgan fingerprint density at radius 1 is 1.08 bits per heavy atom. The van der Waals surface area contributed by atoms with E-state index in [4.69, 9.17) is 15.0 Å². The van der Waals surface area contributed by atoms with Gasteiger partial charge in [0.1, 0.15) is 0 Å². The first-order valence-electron chi connectivity index (χ1n) is 8.22. The van der Waals surface area contributed by atoms with E-state index in [0.717, 1.165) is 22.4 Å². The SMILES string of the molecule is COC(=O)c1ccc(-c2nc(-c3ccc(N)c(C(C)(C)C)c3)no2)cc1. The molecule has 6 nitrogen and oxygen atoms in total. The normalized spacial score (nSPS) is 11.4. The molecule has 0 radical (unpaired) electrons. The number of nitrogens with zero attached hydrogens (tertiary/aromatic N) is 2. The Hall–Kier alpha value is -3.15. The molecule has 134 valence electrons. The topological polar surface area (TPSA) is 91.2 Å². The van der Waals surface area contributed by atoms with Gasteiger partial charge >= 0.3 is 5.97 Å². The molecule has 0 spiro atoms. The maximum Gasteiger partial charge on any atom is 0.337 e. The van der Waals surface area contributed by atoms with Crippen molar-refractivity contribution >= 4 is 11.7 Å². The predicted molar refractivity (Wildman–Crippen MR) is 99.6 cm³/mol. The second kappa shape index (κ2) is 6.63. The number of nitrogens with two attached hydrogens (primary N) is 1. The minimum atomic E-state index is -0.389. The van der Waals surface area contributed by atoms with E-state index in [2.05, 4.69) is 30.9 Å². The molecule has 0 aliphatic carbocycles. The molecule has 0 bridgehead atoms. The average molecular weight is 351 g/mol. The molecule has 2 N–H and O–H groups in total. The third-order valence-electron chi connectivity index (χ3n) is 4.10. The number of esters is 1. The van der Waals surface area contributed by atoms with Crippen LogP contribution in [0.3, 0.4) is 0 Å². The number of carbonyl (C=O) groups is 1. The zero-order chi connectivity index (χ0) is 18.9. The summed E-state index contributed by atoms with van der Waals surface area (Å²) in [7, 11) is 1.35. The maximum absolute atomic E-state index is 11.5. The van der Waals surface area contributed by atoms with Crippen molar-refractivity contribution in [2.45, 2.75) is 26.2 Å². The van der Waals surface area contributed by atoms with Gasteiger partial charge in [-0.1, -0.05) is 25.9 Å². The molecule has 0 atom stereocenters. The monoisotopic (exact) mass is 351 g/mol. The highest BCUT2D eigenvalue weighted by molar-refractivity contribution is 5.89. The highest BCUT2D eigenvalue weighted by atomic mass is 16.5. The minimum absolute atomic E-state index is 0.0869. The van der Waals surface area contributed by atoms with Crippen LogP contribution in [0.15, 0.2) is 47.0 Å². The van der Waals surface area contributed by atoms with E-state index in [1.165, 1.54) is 7.11 Å². The largest absolute Gasteiger partial charge is 0.465 e. The number of nitrogen functional groups attached to an aromatic ring is 1. The van der Waals surface area contributed by atoms with Crippen molar-refractivity contribution in [3.8, 4) is 22.8 Å². The first-order valence-corrected chi connectivity index (χ1v) is 8.22. The highest BCUT2D eigenvalue weighted by Gasteiger charge is 2.19. The van der Waals surface area contributed by atoms with Gasteiger partial charge in [0.05, 0.1) is 12.7 Å². The second-order valence-electron chi connectivity index (χ2n) is 7.04. The van der Waals surface area contributed by atoms with Gasteiger partial charge in [-0.25, -0.2) is 4.79 Å². The number of rotatable bonds is 3. The van der Waals surface area contributed by atoms with Gasteiger partial charge in [-0.05, 0) is 53.4 Å². The van der Waals surface area contributed by atoms with Crippen LogP contribution in [0.4, 0.5) is 5.69 Å². The number of ether oxygens (including phenoxy) is 1.